The number of rotatable bonds is 4. The monoisotopic (exact) mass is 384 g/mol. The lowest BCUT2D eigenvalue weighted by Crippen LogP contribution is -2.49. The number of hydrogen-bond donors (Lipinski definition) is 1. The van der Waals surface area contributed by atoms with E-state index < -0.39 is 0 Å². The molecule has 8 nitrogen and oxygen atoms in total. The van der Waals surface area contributed by atoms with E-state index in [-0.39, 0.29) is 5.91 Å². The first-order valence-corrected chi connectivity index (χ1v) is 8.87. The van der Waals surface area contributed by atoms with Crippen LogP contribution in [0.1, 0.15) is 10.6 Å². The zero-order valence-corrected chi connectivity index (χ0v) is 15.1. The Morgan fingerprint density at radius 1 is 1.11 bits per heavy atom. The lowest BCUT2D eigenvalue weighted by atomic mass is 10.3. The third-order valence-corrected chi connectivity index (χ3v) is 4.52. The molecule has 1 N–H and O–H groups in total. The summed E-state index contributed by atoms with van der Waals surface area (Å²) in [6, 6.07) is 10.7. The quantitative estimate of drug-likeness (QED) is 0.739. The first-order valence-electron chi connectivity index (χ1n) is 8.49. The molecule has 0 aliphatic carbocycles. The summed E-state index contributed by atoms with van der Waals surface area (Å²) < 4.78 is 5.19. The lowest BCUT2D eigenvalue weighted by Gasteiger charge is -2.34. The van der Waals surface area contributed by atoms with E-state index in [1.54, 1.807) is 35.4 Å². The number of amides is 1. The number of hydrogen-bond acceptors (Lipinski definition) is 7. The van der Waals surface area contributed by atoms with Crippen molar-refractivity contribution in [1.29, 1.82) is 0 Å². The summed E-state index contributed by atoms with van der Waals surface area (Å²) in [6.45, 7) is 2.49. The molecular weight excluding hydrogens is 368 g/mol. The molecule has 3 heterocycles. The van der Waals surface area contributed by atoms with E-state index in [0.717, 1.165) is 5.69 Å². The number of piperazine rings is 1. The number of nitrogens with zero attached hydrogens (tertiary/aromatic N) is 5. The summed E-state index contributed by atoms with van der Waals surface area (Å²) in [5.74, 6) is 1.39. The van der Waals surface area contributed by atoms with Gasteiger partial charge in [-0.3, -0.25) is 4.79 Å². The van der Waals surface area contributed by atoms with Crippen LogP contribution in [0.15, 0.2) is 53.3 Å². The van der Waals surface area contributed by atoms with Crippen LogP contribution >= 0.6 is 11.6 Å². The molecule has 1 saturated heterocycles. The standard InChI is InChI=1S/C18H17ClN6O2/c19-13-3-5-14(6-4-13)21-18-22-16(12-20-23-18)24-7-9-25(10-8-24)17(26)15-2-1-11-27-15/h1-6,11-12H,7-10H2,(H,21,22,23). The van der Waals surface area contributed by atoms with Gasteiger partial charge >= 0.3 is 0 Å². The maximum absolute atomic E-state index is 12.3. The fraction of sp³-hybridized carbons (Fsp3) is 0.222. The van der Waals surface area contributed by atoms with E-state index in [0.29, 0.717) is 48.7 Å². The minimum atomic E-state index is -0.0921. The molecule has 4 rings (SSSR count). The van der Waals surface area contributed by atoms with Gasteiger partial charge in [0.2, 0.25) is 5.95 Å². The minimum absolute atomic E-state index is 0.0921. The molecular formula is C18H17ClN6O2. The number of halogens is 1. The highest BCUT2D eigenvalue weighted by atomic mass is 35.5. The summed E-state index contributed by atoms with van der Waals surface area (Å²) in [6.07, 6.45) is 3.13. The van der Waals surface area contributed by atoms with Crippen molar-refractivity contribution < 1.29 is 9.21 Å². The number of anilines is 3. The molecule has 1 aromatic carbocycles. The predicted molar refractivity (Wildman–Crippen MR) is 101 cm³/mol. The predicted octanol–water partition coefficient (Wildman–Crippen LogP) is 2.82. The maximum Gasteiger partial charge on any atom is 0.289 e. The van der Waals surface area contributed by atoms with Gasteiger partial charge in [0.15, 0.2) is 11.6 Å². The van der Waals surface area contributed by atoms with Crippen molar-refractivity contribution >= 4 is 35.0 Å². The Labute approximate surface area is 160 Å². The highest BCUT2D eigenvalue weighted by molar-refractivity contribution is 6.30. The van der Waals surface area contributed by atoms with Crippen LogP contribution in [0.3, 0.4) is 0 Å². The summed E-state index contributed by atoms with van der Waals surface area (Å²) in [7, 11) is 0. The van der Waals surface area contributed by atoms with Crippen molar-refractivity contribution in [3.05, 3.63) is 59.6 Å². The topological polar surface area (TPSA) is 87.4 Å². The molecule has 0 bridgehead atoms. The lowest BCUT2D eigenvalue weighted by molar-refractivity contribution is 0.0714. The second kappa shape index (κ2) is 7.63. The molecule has 1 aliphatic rings. The highest BCUT2D eigenvalue weighted by Gasteiger charge is 2.24. The fourth-order valence-corrected chi connectivity index (χ4v) is 2.98. The third kappa shape index (κ3) is 4.01. The number of aromatic nitrogens is 3. The molecule has 2 aromatic heterocycles. The first-order chi connectivity index (χ1) is 13.2. The Morgan fingerprint density at radius 3 is 2.59 bits per heavy atom. The smallest absolute Gasteiger partial charge is 0.289 e. The van der Waals surface area contributed by atoms with Crippen molar-refractivity contribution in [3.8, 4) is 0 Å². The molecule has 0 spiro atoms. The van der Waals surface area contributed by atoms with Crippen LogP contribution < -0.4 is 10.2 Å². The molecule has 0 unspecified atom stereocenters. The fourth-order valence-electron chi connectivity index (χ4n) is 2.86. The van der Waals surface area contributed by atoms with E-state index in [1.807, 2.05) is 12.1 Å². The Bertz CT molecular complexity index is 908. The molecule has 9 heteroatoms. The second-order valence-electron chi connectivity index (χ2n) is 6.03. The summed E-state index contributed by atoms with van der Waals surface area (Å²) in [5, 5.41) is 11.8. The largest absolute Gasteiger partial charge is 0.459 e. The molecule has 27 heavy (non-hydrogen) atoms. The van der Waals surface area contributed by atoms with Gasteiger partial charge in [-0.2, -0.15) is 10.1 Å². The van der Waals surface area contributed by atoms with Crippen LogP contribution in [-0.2, 0) is 0 Å². The normalized spacial score (nSPS) is 14.3. The molecule has 138 valence electrons. The molecule has 1 aliphatic heterocycles. The SMILES string of the molecule is O=C(c1ccco1)N1CCN(c2cnnc(Nc3ccc(Cl)cc3)n2)CC1. The van der Waals surface area contributed by atoms with E-state index in [2.05, 4.69) is 25.4 Å². The van der Waals surface area contributed by atoms with Gasteiger partial charge in [-0.05, 0) is 36.4 Å². The molecule has 0 saturated carbocycles. The number of benzene rings is 1. The van der Waals surface area contributed by atoms with Crippen molar-refractivity contribution in [2.24, 2.45) is 0 Å². The first kappa shape index (κ1) is 17.3. The second-order valence-corrected chi connectivity index (χ2v) is 6.46. The van der Waals surface area contributed by atoms with Crippen molar-refractivity contribution in [3.63, 3.8) is 0 Å². The van der Waals surface area contributed by atoms with Crippen LogP contribution in [0.4, 0.5) is 17.5 Å². The maximum atomic E-state index is 12.3. The van der Waals surface area contributed by atoms with Gasteiger partial charge in [0.25, 0.3) is 5.91 Å². The Hall–Kier alpha value is -3.13. The van der Waals surface area contributed by atoms with Crippen LogP contribution in [-0.4, -0.2) is 52.2 Å². The van der Waals surface area contributed by atoms with Crippen molar-refractivity contribution in [2.75, 3.05) is 36.4 Å². The van der Waals surface area contributed by atoms with Gasteiger partial charge in [-0.25, -0.2) is 0 Å². The number of furan rings is 1. The summed E-state index contributed by atoms with van der Waals surface area (Å²) in [5.41, 5.74) is 0.826. The van der Waals surface area contributed by atoms with Crippen molar-refractivity contribution in [1.82, 2.24) is 20.1 Å². The third-order valence-electron chi connectivity index (χ3n) is 4.27. The molecule has 0 atom stereocenters. The average molecular weight is 385 g/mol. The van der Waals surface area contributed by atoms with Crippen LogP contribution in [0, 0.1) is 0 Å². The van der Waals surface area contributed by atoms with E-state index in [1.165, 1.54) is 6.26 Å². The van der Waals surface area contributed by atoms with Crippen LogP contribution in [0.25, 0.3) is 0 Å². The zero-order valence-electron chi connectivity index (χ0n) is 14.4. The van der Waals surface area contributed by atoms with Crippen LogP contribution in [0.5, 0.6) is 0 Å². The van der Waals surface area contributed by atoms with Gasteiger partial charge in [0, 0.05) is 36.9 Å². The van der Waals surface area contributed by atoms with Gasteiger partial charge in [0.1, 0.15) is 0 Å². The summed E-state index contributed by atoms with van der Waals surface area (Å²) >= 11 is 5.90. The molecule has 0 radical (unpaired) electrons. The molecule has 3 aromatic rings. The number of carbonyl (C=O) groups excluding carboxylic acids is 1. The van der Waals surface area contributed by atoms with Gasteiger partial charge < -0.3 is 19.5 Å². The van der Waals surface area contributed by atoms with E-state index in [9.17, 15) is 4.79 Å². The van der Waals surface area contributed by atoms with Crippen LogP contribution in [0.2, 0.25) is 5.02 Å². The van der Waals surface area contributed by atoms with Gasteiger partial charge in [-0.15, -0.1) is 5.10 Å². The van der Waals surface area contributed by atoms with E-state index in [4.69, 9.17) is 16.0 Å². The Morgan fingerprint density at radius 2 is 1.89 bits per heavy atom. The summed E-state index contributed by atoms with van der Waals surface area (Å²) in [4.78, 5) is 20.7. The molecule has 1 fully saturated rings. The molecule has 1 amide bonds. The number of nitrogens with one attached hydrogen (secondary N) is 1. The Kier molecular flexibility index (Phi) is 4.88. The minimum Gasteiger partial charge on any atom is -0.459 e. The number of carbonyl (C=O) groups is 1. The highest BCUT2D eigenvalue weighted by Crippen LogP contribution is 2.19. The Balaban J connectivity index is 1.40. The van der Waals surface area contributed by atoms with E-state index >= 15 is 0 Å². The van der Waals surface area contributed by atoms with Gasteiger partial charge in [0.05, 0.1) is 12.5 Å². The average Bonchev–Trinajstić information content (AvgIpc) is 3.24. The zero-order chi connectivity index (χ0) is 18.6. The van der Waals surface area contributed by atoms with Crippen molar-refractivity contribution in [2.45, 2.75) is 0 Å². The van der Waals surface area contributed by atoms with Gasteiger partial charge in [-0.1, -0.05) is 11.6 Å².